The number of nitrogens with one attached hydrogen (secondary N) is 1. The van der Waals surface area contributed by atoms with E-state index in [0.717, 1.165) is 25.7 Å². The van der Waals surface area contributed by atoms with Gasteiger partial charge in [-0.15, -0.1) is 0 Å². The zero-order valence-electron chi connectivity index (χ0n) is 12.6. The molecule has 2 unspecified atom stereocenters. The fourth-order valence-corrected chi connectivity index (χ4v) is 3.34. The average Bonchev–Trinajstić information content (AvgIpc) is 3.12. The first-order valence-electron chi connectivity index (χ1n) is 7.74. The van der Waals surface area contributed by atoms with Gasteiger partial charge in [0.15, 0.2) is 0 Å². The van der Waals surface area contributed by atoms with Crippen molar-refractivity contribution >= 4 is 5.91 Å². The Morgan fingerprint density at radius 1 is 1.45 bits per heavy atom. The minimum absolute atomic E-state index is 0.0476. The predicted octanol–water partition coefficient (Wildman–Crippen LogP) is 3.15. The Balaban J connectivity index is 1.93. The van der Waals surface area contributed by atoms with Crippen LogP contribution in [0.5, 0.6) is 0 Å². The second-order valence-electron chi connectivity index (χ2n) is 6.39. The highest BCUT2D eigenvalue weighted by Crippen LogP contribution is 2.47. The summed E-state index contributed by atoms with van der Waals surface area (Å²) in [5.74, 6) is 0.310. The predicted molar refractivity (Wildman–Crippen MR) is 80.2 cm³/mol. The summed E-state index contributed by atoms with van der Waals surface area (Å²) in [5, 5.41) is 3.60. The summed E-state index contributed by atoms with van der Waals surface area (Å²) >= 11 is 0. The minimum atomic E-state index is -0.240. The van der Waals surface area contributed by atoms with Crippen LogP contribution in [0, 0.1) is 6.92 Å². The molecular formula is C17H24N2O. The van der Waals surface area contributed by atoms with Crippen LogP contribution in [-0.2, 0) is 4.79 Å². The fourth-order valence-electron chi connectivity index (χ4n) is 3.34. The van der Waals surface area contributed by atoms with Crippen LogP contribution >= 0.6 is 0 Å². The number of hydrogen-bond acceptors (Lipinski definition) is 2. The molecule has 1 aromatic carbocycles. The first-order valence-corrected chi connectivity index (χ1v) is 7.74. The molecule has 0 radical (unpaired) electrons. The number of rotatable bonds is 4. The molecule has 108 valence electrons. The number of benzene rings is 1. The van der Waals surface area contributed by atoms with Gasteiger partial charge in [-0.3, -0.25) is 10.1 Å². The van der Waals surface area contributed by atoms with Crippen molar-refractivity contribution in [3.05, 3.63) is 35.4 Å². The number of carbonyl (C=O) groups is 1. The average molecular weight is 272 g/mol. The van der Waals surface area contributed by atoms with Gasteiger partial charge in [0.25, 0.3) is 0 Å². The molecule has 20 heavy (non-hydrogen) atoms. The van der Waals surface area contributed by atoms with E-state index in [1.54, 1.807) is 0 Å². The van der Waals surface area contributed by atoms with E-state index in [0.29, 0.717) is 11.9 Å². The van der Waals surface area contributed by atoms with E-state index in [1.165, 1.54) is 11.1 Å². The molecule has 2 aliphatic rings. The van der Waals surface area contributed by atoms with Crippen molar-refractivity contribution < 1.29 is 4.79 Å². The maximum absolute atomic E-state index is 12.7. The number of carbonyl (C=O) groups excluding carboxylic acids is 1. The Labute approximate surface area is 121 Å². The standard InChI is InChI=1S/C17H24N2O/c1-4-6-13(3)19-15(14-8-5-7-12(2)11-14)18-17(9-10-17)16(19)20/h5,7-8,11,13,15,18H,4,6,9-10H2,1-3H3. The summed E-state index contributed by atoms with van der Waals surface area (Å²) in [5.41, 5.74) is 2.22. The van der Waals surface area contributed by atoms with Crippen molar-refractivity contribution in [2.24, 2.45) is 0 Å². The first-order chi connectivity index (χ1) is 9.57. The Morgan fingerprint density at radius 3 is 2.80 bits per heavy atom. The van der Waals surface area contributed by atoms with Crippen molar-refractivity contribution in [3.63, 3.8) is 0 Å². The van der Waals surface area contributed by atoms with Crippen LogP contribution in [0.25, 0.3) is 0 Å². The summed E-state index contributed by atoms with van der Waals surface area (Å²) < 4.78 is 0. The molecule has 1 aliphatic carbocycles. The number of hydrogen-bond donors (Lipinski definition) is 1. The maximum atomic E-state index is 12.7. The third kappa shape index (κ3) is 2.14. The van der Waals surface area contributed by atoms with E-state index in [2.05, 4.69) is 55.3 Å². The zero-order chi connectivity index (χ0) is 14.3. The van der Waals surface area contributed by atoms with E-state index in [1.807, 2.05) is 0 Å². The Hall–Kier alpha value is -1.35. The van der Waals surface area contributed by atoms with Crippen molar-refractivity contribution in [2.75, 3.05) is 0 Å². The zero-order valence-corrected chi connectivity index (χ0v) is 12.6. The van der Waals surface area contributed by atoms with E-state index in [-0.39, 0.29) is 11.7 Å². The summed E-state index contributed by atoms with van der Waals surface area (Å²) in [6, 6.07) is 8.80. The molecule has 1 amide bonds. The smallest absolute Gasteiger partial charge is 0.244 e. The molecular weight excluding hydrogens is 248 g/mol. The van der Waals surface area contributed by atoms with Gasteiger partial charge in [0, 0.05) is 6.04 Å². The Bertz CT molecular complexity index is 521. The highest BCUT2D eigenvalue weighted by atomic mass is 16.2. The summed E-state index contributed by atoms with van der Waals surface area (Å²) in [7, 11) is 0. The highest BCUT2D eigenvalue weighted by Gasteiger charge is 2.60. The fraction of sp³-hybridized carbons (Fsp3) is 0.588. The lowest BCUT2D eigenvalue weighted by molar-refractivity contribution is -0.132. The largest absolute Gasteiger partial charge is 0.319 e. The third-order valence-corrected chi connectivity index (χ3v) is 4.62. The molecule has 3 rings (SSSR count). The quantitative estimate of drug-likeness (QED) is 0.913. The van der Waals surface area contributed by atoms with Gasteiger partial charge in [-0.25, -0.2) is 0 Å². The molecule has 1 spiro atoms. The second-order valence-corrected chi connectivity index (χ2v) is 6.39. The molecule has 1 heterocycles. The van der Waals surface area contributed by atoms with Gasteiger partial charge >= 0.3 is 0 Å². The monoisotopic (exact) mass is 272 g/mol. The molecule has 0 aromatic heterocycles. The second kappa shape index (κ2) is 4.88. The summed E-state index contributed by atoms with van der Waals surface area (Å²) in [4.78, 5) is 14.8. The lowest BCUT2D eigenvalue weighted by Crippen LogP contribution is -2.38. The molecule has 1 aliphatic heterocycles. The molecule has 1 N–H and O–H groups in total. The van der Waals surface area contributed by atoms with E-state index < -0.39 is 0 Å². The van der Waals surface area contributed by atoms with Crippen LogP contribution in [0.3, 0.4) is 0 Å². The number of aryl methyl sites for hydroxylation is 1. The van der Waals surface area contributed by atoms with E-state index >= 15 is 0 Å². The van der Waals surface area contributed by atoms with Crippen LogP contribution in [0.15, 0.2) is 24.3 Å². The van der Waals surface area contributed by atoms with E-state index in [4.69, 9.17) is 0 Å². The van der Waals surface area contributed by atoms with Gasteiger partial charge in [0.05, 0.1) is 0 Å². The van der Waals surface area contributed by atoms with Gasteiger partial charge in [0.1, 0.15) is 11.7 Å². The van der Waals surface area contributed by atoms with Crippen molar-refractivity contribution in [1.82, 2.24) is 10.2 Å². The van der Waals surface area contributed by atoms with Gasteiger partial charge in [-0.05, 0) is 38.7 Å². The lowest BCUT2D eigenvalue weighted by atomic mass is 10.1. The first kappa shape index (κ1) is 13.6. The van der Waals surface area contributed by atoms with Crippen molar-refractivity contribution in [3.8, 4) is 0 Å². The summed E-state index contributed by atoms with van der Waals surface area (Å²) in [6.07, 6.45) is 4.20. The summed E-state index contributed by atoms with van der Waals surface area (Å²) in [6.45, 7) is 6.46. The number of amides is 1. The molecule has 3 heteroatoms. The molecule has 1 aromatic rings. The molecule has 1 saturated heterocycles. The van der Waals surface area contributed by atoms with Gasteiger partial charge in [-0.1, -0.05) is 43.2 Å². The van der Waals surface area contributed by atoms with Crippen LogP contribution in [-0.4, -0.2) is 22.4 Å². The van der Waals surface area contributed by atoms with Crippen LogP contribution in [0.1, 0.15) is 56.8 Å². The van der Waals surface area contributed by atoms with Crippen LogP contribution in [0.2, 0.25) is 0 Å². The Kier molecular flexibility index (Phi) is 3.33. The van der Waals surface area contributed by atoms with Gasteiger partial charge in [-0.2, -0.15) is 0 Å². The van der Waals surface area contributed by atoms with Crippen LogP contribution < -0.4 is 5.32 Å². The van der Waals surface area contributed by atoms with Crippen molar-refractivity contribution in [2.45, 2.75) is 64.2 Å². The maximum Gasteiger partial charge on any atom is 0.244 e. The molecule has 2 atom stereocenters. The molecule has 0 bridgehead atoms. The molecule has 1 saturated carbocycles. The third-order valence-electron chi connectivity index (χ3n) is 4.62. The van der Waals surface area contributed by atoms with Crippen LogP contribution in [0.4, 0.5) is 0 Å². The molecule has 3 nitrogen and oxygen atoms in total. The highest BCUT2D eigenvalue weighted by molar-refractivity contribution is 5.92. The van der Waals surface area contributed by atoms with E-state index in [9.17, 15) is 4.79 Å². The van der Waals surface area contributed by atoms with Gasteiger partial charge in [0.2, 0.25) is 5.91 Å². The van der Waals surface area contributed by atoms with Gasteiger partial charge < -0.3 is 4.90 Å². The van der Waals surface area contributed by atoms with Crippen molar-refractivity contribution in [1.29, 1.82) is 0 Å². The SMILES string of the molecule is CCCC(C)N1C(=O)C2(CC2)NC1c1cccc(C)c1. The normalized spacial score (nSPS) is 25.2. The topological polar surface area (TPSA) is 32.3 Å². The molecule has 2 fully saturated rings. The number of nitrogens with zero attached hydrogens (tertiary/aromatic N) is 1. The Morgan fingerprint density at radius 2 is 2.20 bits per heavy atom. The lowest BCUT2D eigenvalue weighted by Gasteiger charge is -2.30. The minimum Gasteiger partial charge on any atom is -0.319 e.